The summed E-state index contributed by atoms with van der Waals surface area (Å²) in [5, 5.41) is 5.84. The summed E-state index contributed by atoms with van der Waals surface area (Å²) < 4.78 is 7.25. The van der Waals surface area contributed by atoms with E-state index in [-0.39, 0.29) is 0 Å². The van der Waals surface area contributed by atoms with Gasteiger partial charge in [0.25, 0.3) is 0 Å². The van der Waals surface area contributed by atoms with Gasteiger partial charge in [0, 0.05) is 11.6 Å². The van der Waals surface area contributed by atoms with Crippen LogP contribution in [0.2, 0.25) is 0 Å². The van der Waals surface area contributed by atoms with Gasteiger partial charge in [-0.25, -0.2) is 0 Å². The molecule has 3 rings (SSSR count). The van der Waals surface area contributed by atoms with Gasteiger partial charge in [0.15, 0.2) is 0 Å². The van der Waals surface area contributed by atoms with E-state index in [1.165, 1.54) is 10.9 Å². The van der Waals surface area contributed by atoms with E-state index in [2.05, 4.69) is 43.3 Å². The van der Waals surface area contributed by atoms with Crippen LogP contribution in [-0.4, -0.2) is 23.0 Å². The lowest BCUT2D eigenvalue weighted by Crippen LogP contribution is -2.30. The first-order valence-electron chi connectivity index (χ1n) is 6.28. The van der Waals surface area contributed by atoms with E-state index in [0.717, 1.165) is 25.2 Å². The predicted molar refractivity (Wildman–Crippen MR) is 68.1 cm³/mol. The maximum absolute atomic E-state index is 5.20. The van der Waals surface area contributed by atoms with Crippen molar-refractivity contribution in [2.75, 3.05) is 13.2 Å². The molecule has 0 bridgehead atoms. The van der Waals surface area contributed by atoms with Crippen LogP contribution in [0.15, 0.2) is 24.4 Å². The number of ether oxygens (including phenoxy) is 1. The first-order valence-corrected chi connectivity index (χ1v) is 6.28. The third-order valence-corrected chi connectivity index (χ3v) is 3.23. The highest BCUT2D eigenvalue weighted by molar-refractivity contribution is 5.78. The van der Waals surface area contributed by atoms with Gasteiger partial charge in [0.05, 0.1) is 24.8 Å². The standard InChI is InChI=1S/C14H18N2O/c1-10(2)5-11-3-4-14-12(6-11)7-16(15-14)13-8-17-9-13/h3-4,6-7,10,13H,5,8-9H2,1-2H3. The van der Waals surface area contributed by atoms with Gasteiger partial charge in [0.1, 0.15) is 0 Å². The number of rotatable bonds is 3. The molecule has 0 saturated carbocycles. The van der Waals surface area contributed by atoms with Crippen LogP contribution in [0, 0.1) is 5.92 Å². The number of hydrogen-bond donors (Lipinski definition) is 0. The molecule has 0 aliphatic carbocycles. The number of hydrogen-bond acceptors (Lipinski definition) is 2. The quantitative estimate of drug-likeness (QED) is 0.810. The summed E-state index contributed by atoms with van der Waals surface area (Å²) in [5.74, 6) is 0.697. The molecule has 2 heterocycles. The van der Waals surface area contributed by atoms with Crippen molar-refractivity contribution in [3.63, 3.8) is 0 Å². The summed E-state index contributed by atoms with van der Waals surface area (Å²) in [4.78, 5) is 0. The van der Waals surface area contributed by atoms with Crippen LogP contribution in [0.25, 0.3) is 10.9 Å². The van der Waals surface area contributed by atoms with Gasteiger partial charge in [-0.1, -0.05) is 19.9 Å². The summed E-state index contributed by atoms with van der Waals surface area (Å²) >= 11 is 0. The van der Waals surface area contributed by atoms with Crippen molar-refractivity contribution in [1.82, 2.24) is 9.78 Å². The van der Waals surface area contributed by atoms with Crippen LogP contribution < -0.4 is 0 Å². The molecule has 1 aliphatic rings. The lowest BCUT2D eigenvalue weighted by molar-refractivity contribution is -0.0283. The average molecular weight is 230 g/mol. The SMILES string of the molecule is CC(C)Cc1ccc2nn(C3COC3)cc2c1. The predicted octanol–water partition coefficient (Wildman–Crippen LogP) is 2.81. The molecule has 1 aromatic carbocycles. The Hall–Kier alpha value is -1.35. The van der Waals surface area contributed by atoms with E-state index in [0.29, 0.717) is 12.0 Å². The molecule has 1 aromatic heterocycles. The van der Waals surface area contributed by atoms with Gasteiger partial charge in [0.2, 0.25) is 0 Å². The van der Waals surface area contributed by atoms with Crippen LogP contribution >= 0.6 is 0 Å². The summed E-state index contributed by atoms with van der Waals surface area (Å²) in [6.07, 6.45) is 3.28. The van der Waals surface area contributed by atoms with Crippen LogP contribution in [-0.2, 0) is 11.2 Å². The Bertz CT molecular complexity index is 526. The normalized spacial score (nSPS) is 16.6. The Morgan fingerprint density at radius 1 is 1.41 bits per heavy atom. The molecular weight excluding hydrogens is 212 g/mol. The third-order valence-electron chi connectivity index (χ3n) is 3.23. The molecule has 0 atom stereocenters. The minimum Gasteiger partial charge on any atom is -0.377 e. The molecule has 90 valence electrons. The molecule has 0 radical (unpaired) electrons. The maximum atomic E-state index is 5.20. The zero-order valence-electron chi connectivity index (χ0n) is 10.4. The molecule has 2 aromatic rings. The van der Waals surface area contributed by atoms with Gasteiger partial charge in [-0.2, -0.15) is 5.10 Å². The fraction of sp³-hybridized carbons (Fsp3) is 0.500. The highest BCUT2D eigenvalue weighted by Crippen LogP contribution is 2.22. The van der Waals surface area contributed by atoms with Crippen LogP contribution in [0.4, 0.5) is 0 Å². The van der Waals surface area contributed by atoms with E-state index in [9.17, 15) is 0 Å². The van der Waals surface area contributed by atoms with E-state index in [1.807, 2.05) is 4.68 Å². The number of fused-ring (bicyclic) bond motifs is 1. The van der Waals surface area contributed by atoms with Crippen molar-refractivity contribution < 1.29 is 4.74 Å². The van der Waals surface area contributed by atoms with E-state index < -0.39 is 0 Å². The topological polar surface area (TPSA) is 27.1 Å². The molecule has 0 N–H and O–H groups in total. The van der Waals surface area contributed by atoms with Gasteiger partial charge in [-0.05, 0) is 30.0 Å². The van der Waals surface area contributed by atoms with Crippen LogP contribution in [0.3, 0.4) is 0 Å². The minimum atomic E-state index is 0.441. The highest BCUT2D eigenvalue weighted by atomic mass is 16.5. The van der Waals surface area contributed by atoms with Crippen molar-refractivity contribution in [2.24, 2.45) is 5.92 Å². The molecule has 3 heteroatoms. The van der Waals surface area contributed by atoms with Gasteiger partial charge < -0.3 is 4.74 Å². The minimum absolute atomic E-state index is 0.441. The van der Waals surface area contributed by atoms with Crippen LogP contribution in [0.5, 0.6) is 0 Å². The van der Waals surface area contributed by atoms with Gasteiger partial charge in [-0.3, -0.25) is 4.68 Å². The second-order valence-electron chi connectivity index (χ2n) is 5.29. The fourth-order valence-electron chi connectivity index (χ4n) is 2.26. The molecule has 0 unspecified atom stereocenters. The van der Waals surface area contributed by atoms with Gasteiger partial charge >= 0.3 is 0 Å². The maximum Gasteiger partial charge on any atom is 0.0985 e. The first kappa shape index (κ1) is 10.8. The zero-order valence-corrected chi connectivity index (χ0v) is 10.4. The van der Waals surface area contributed by atoms with Crippen molar-refractivity contribution in [1.29, 1.82) is 0 Å². The van der Waals surface area contributed by atoms with Crippen molar-refractivity contribution in [3.8, 4) is 0 Å². The molecule has 1 saturated heterocycles. The summed E-state index contributed by atoms with van der Waals surface area (Å²) in [6.45, 7) is 6.10. The largest absolute Gasteiger partial charge is 0.377 e. The number of benzene rings is 1. The third kappa shape index (κ3) is 2.07. The monoisotopic (exact) mass is 230 g/mol. The summed E-state index contributed by atoms with van der Waals surface area (Å²) in [5.41, 5.74) is 2.49. The lowest BCUT2D eigenvalue weighted by Gasteiger charge is -2.25. The molecule has 0 spiro atoms. The molecule has 1 aliphatic heterocycles. The Morgan fingerprint density at radius 3 is 2.88 bits per heavy atom. The smallest absolute Gasteiger partial charge is 0.0985 e. The zero-order chi connectivity index (χ0) is 11.8. The molecule has 0 amide bonds. The second-order valence-corrected chi connectivity index (χ2v) is 5.29. The Balaban J connectivity index is 1.92. The molecule has 1 fully saturated rings. The second kappa shape index (κ2) is 4.15. The van der Waals surface area contributed by atoms with Crippen molar-refractivity contribution >= 4 is 10.9 Å². The number of aromatic nitrogens is 2. The molecule has 3 nitrogen and oxygen atoms in total. The average Bonchev–Trinajstić information content (AvgIpc) is 2.56. The number of nitrogens with zero attached hydrogens (tertiary/aromatic N) is 2. The summed E-state index contributed by atoms with van der Waals surface area (Å²) in [6, 6.07) is 7.02. The molecule has 17 heavy (non-hydrogen) atoms. The Morgan fingerprint density at radius 2 is 2.24 bits per heavy atom. The van der Waals surface area contributed by atoms with Crippen LogP contribution in [0.1, 0.15) is 25.5 Å². The fourth-order valence-corrected chi connectivity index (χ4v) is 2.26. The Kier molecular flexibility index (Phi) is 2.63. The van der Waals surface area contributed by atoms with Gasteiger partial charge in [-0.15, -0.1) is 0 Å². The van der Waals surface area contributed by atoms with E-state index in [1.54, 1.807) is 0 Å². The van der Waals surface area contributed by atoms with E-state index in [4.69, 9.17) is 4.74 Å². The molecular formula is C14H18N2O. The lowest BCUT2D eigenvalue weighted by atomic mass is 10.0. The van der Waals surface area contributed by atoms with Crippen molar-refractivity contribution in [2.45, 2.75) is 26.3 Å². The summed E-state index contributed by atoms with van der Waals surface area (Å²) in [7, 11) is 0. The van der Waals surface area contributed by atoms with Crippen molar-refractivity contribution in [3.05, 3.63) is 30.0 Å². The first-order chi connectivity index (χ1) is 8.22. The van der Waals surface area contributed by atoms with E-state index >= 15 is 0 Å². The highest BCUT2D eigenvalue weighted by Gasteiger charge is 2.21. The Labute approximate surface area is 101 Å².